The third kappa shape index (κ3) is 1.62. The first-order chi connectivity index (χ1) is 7.77. The number of hydrogen-bond donors (Lipinski definition) is 1. The Labute approximate surface area is 104 Å². The number of aliphatic hydroxyl groups excluding tert-OH is 1. The predicted molar refractivity (Wildman–Crippen MR) is 66.4 cm³/mol. The first-order valence-corrected chi connectivity index (χ1v) is 7.03. The molecule has 0 aromatic heterocycles. The minimum absolute atomic E-state index is 0.438. The summed E-state index contributed by atoms with van der Waals surface area (Å²) in [7, 11) is 0. The van der Waals surface area contributed by atoms with E-state index < -0.39 is 6.10 Å². The SMILES string of the molecule is O[C@@H]1CCSCc2c3c(cc(Cl)c21)CCO3. The second kappa shape index (κ2) is 4.13. The zero-order valence-electron chi connectivity index (χ0n) is 8.83. The van der Waals surface area contributed by atoms with Crippen LogP contribution in [0.2, 0.25) is 5.02 Å². The first-order valence-electron chi connectivity index (χ1n) is 5.50. The second-order valence-electron chi connectivity index (χ2n) is 4.19. The third-order valence-electron chi connectivity index (χ3n) is 3.18. The molecule has 2 nitrogen and oxygen atoms in total. The molecule has 2 aliphatic heterocycles. The maximum Gasteiger partial charge on any atom is 0.127 e. The average molecular weight is 257 g/mol. The molecule has 0 unspecified atom stereocenters. The highest BCUT2D eigenvalue weighted by molar-refractivity contribution is 7.98. The summed E-state index contributed by atoms with van der Waals surface area (Å²) in [6, 6.07) is 1.96. The molecule has 1 atom stereocenters. The van der Waals surface area contributed by atoms with Crippen LogP contribution >= 0.6 is 23.4 Å². The summed E-state index contributed by atoms with van der Waals surface area (Å²) >= 11 is 8.11. The van der Waals surface area contributed by atoms with Gasteiger partial charge in [-0.15, -0.1) is 0 Å². The first kappa shape index (κ1) is 10.8. The Morgan fingerprint density at radius 1 is 1.50 bits per heavy atom. The number of thioether (sulfide) groups is 1. The van der Waals surface area contributed by atoms with Gasteiger partial charge in [0.15, 0.2) is 0 Å². The van der Waals surface area contributed by atoms with E-state index in [1.165, 1.54) is 5.56 Å². The lowest BCUT2D eigenvalue weighted by molar-refractivity contribution is 0.174. The fourth-order valence-electron chi connectivity index (χ4n) is 2.40. The number of ether oxygens (including phenoxy) is 1. The Kier molecular flexibility index (Phi) is 2.78. The average Bonchev–Trinajstić information content (AvgIpc) is 2.62. The molecule has 2 aliphatic rings. The third-order valence-corrected chi connectivity index (χ3v) is 4.51. The van der Waals surface area contributed by atoms with Crippen LogP contribution < -0.4 is 4.74 Å². The van der Waals surface area contributed by atoms with E-state index in [-0.39, 0.29) is 0 Å². The van der Waals surface area contributed by atoms with Crippen LogP contribution in [0.4, 0.5) is 0 Å². The van der Waals surface area contributed by atoms with Gasteiger partial charge in [-0.3, -0.25) is 0 Å². The van der Waals surface area contributed by atoms with Crippen molar-refractivity contribution >= 4 is 23.4 Å². The van der Waals surface area contributed by atoms with Crippen LogP contribution in [0.15, 0.2) is 6.07 Å². The maximum absolute atomic E-state index is 10.1. The van der Waals surface area contributed by atoms with Crippen molar-refractivity contribution in [2.45, 2.75) is 24.7 Å². The number of fused-ring (bicyclic) bond motifs is 3. The highest BCUT2D eigenvalue weighted by atomic mass is 35.5. The van der Waals surface area contributed by atoms with Crippen molar-refractivity contribution in [3.63, 3.8) is 0 Å². The van der Waals surface area contributed by atoms with Gasteiger partial charge >= 0.3 is 0 Å². The van der Waals surface area contributed by atoms with Crippen molar-refractivity contribution in [2.75, 3.05) is 12.4 Å². The Morgan fingerprint density at radius 2 is 2.38 bits per heavy atom. The van der Waals surface area contributed by atoms with Crippen molar-refractivity contribution in [3.8, 4) is 5.75 Å². The minimum atomic E-state index is -0.438. The molecule has 86 valence electrons. The standard InChI is InChI=1S/C12H13ClO2S/c13-9-5-7-1-3-15-12(7)8-6-16-4-2-10(14)11(8)9/h5,10,14H,1-4,6H2/t10-/m1/s1. The van der Waals surface area contributed by atoms with E-state index in [4.69, 9.17) is 16.3 Å². The number of rotatable bonds is 0. The molecule has 1 aromatic carbocycles. The summed E-state index contributed by atoms with van der Waals surface area (Å²) in [6.45, 7) is 0.739. The largest absolute Gasteiger partial charge is 0.493 e. The van der Waals surface area contributed by atoms with Gasteiger partial charge in [0, 0.05) is 28.3 Å². The van der Waals surface area contributed by atoms with Gasteiger partial charge in [-0.05, 0) is 23.8 Å². The fraction of sp³-hybridized carbons (Fsp3) is 0.500. The molecule has 1 aromatic rings. The minimum Gasteiger partial charge on any atom is -0.493 e. The molecule has 3 rings (SSSR count). The molecule has 16 heavy (non-hydrogen) atoms. The molecule has 1 N–H and O–H groups in total. The molecule has 2 heterocycles. The van der Waals surface area contributed by atoms with Crippen LogP contribution in [0.25, 0.3) is 0 Å². The van der Waals surface area contributed by atoms with E-state index in [1.54, 1.807) is 0 Å². The van der Waals surface area contributed by atoms with Gasteiger partial charge in [0.25, 0.3) is 0 Å². The molecule has 0 radical (unpaired) electrons. The van der Waals surface area contributed by atoms with Crippen molar-refractivity contribution < 1.29 is 9.84 Å². The van der Waals surface area contributed by atoms with Gasteiger partial charge in [0.2, 0.25) is 0 Å². The number of hydrogen-bond acceptors (Lipinski definition) is 3. The molecule has 0 saturated carbocycles. The molecule has 0 bridgehead atoms. The number of benzene rings is 1. The monoisotopic (exact) mass is 256 g/mol. The van der Waals surface area contributed by atoms with Crippen LogP contribution in [-0.4, -0.2) is 17.5 Å². The van der Waals surface area contributed by atoms with Gasteiger partial charge < -0.3 is 9.84 Å². The summed E-state index contributed by atoms with van der Waals surface area (Å²) in [6.07, 6.45) is 1.27. The smallest absolute Gasteiger partial charge is 0.127 e. The molecule has 0 amide bonds. The van der Waals surface area contributed by atoms with Gasteiger partial charge in [0.05, 0.1) is 12.7 Å². The van der Waals surface area contributed by atoms with E-state index in [9.17, 15) is 5.11 Å². The van der Waals surface area contributed by atoms with E-state index in [0.29, 0.717) is 5.02 Å². The highest BCUT2D eigenvalue weighted by Gasteiger charge is 2.27. The highest BCUT2D eigenvalue weighted by Crippen LogP contribution is 2.43. The van der Waals surface area contributed by atoms with E-state index in [2.05, 4.69) is 0 Å². The number of halogens is 1. The molecule has 0 fully saturated rings. The van der Waals surface area contributed by atoms with Gasteiger partial charge in [-0.2, -0.15) is 11.8 Å². The van der Waals surface area contributed by atoms with Crippen molar-refractivity contribution in [1.29, 1.82) is 0 Å². The zero-order chi connectivity index (χ0) is 11.1. The van der Waals surface area contributed by atoms with Gasteiger partial charge in [0.1, 0.15) is 5.75 Å². The Hall–Kier alpha value is -0.380. The predicted octanol–water partition coefficient (Wildman–Crippen LogP) is 2.95. The van der Waals surface area contributed by atoms with Crippen LogP contribution in [0.1, 0.15) is 29.2 Å². The zero-order valence-corrected chi connectivity index (χ0v) is 10.4. The summed E-state index contributed by atoms with van der Waals surface area (Å²) in [5, 5.41) is 10.8. The van der Waals surface area contributed by atoms with Crippen LogP contribution in [-0.2, 0) is 12.2 Å². The topological polar surface area (TPSA) is 29.5 Å². The molecule has 0 spiro atoms. The lowest BCUT2D eigenvalue weighted by Gasteiger charge is -2.16. The van der Waals surface area contributed by atoms with Crippen LogP contribution in [0, 0.1) is 0 Å². The van der Waals surface area contributed by atoms with E-state index >= 15 is 0 Å². The van der Waals surface area contributed by atoms with Gasteiger partial charge in [-0.1, -0.05) is 11.6 Å². The molecule has 0 saturated heterocycles. The van der Waals surface area contributed by atoms with Crippen LogP contribution in [0.5, 0.6) is 5.75 Å². The van der Waals surface area contributed by atoms with Crippen LogP contribution in [0.3, 0.4) is 0 Å². The fourth-order valence-corrected chi connectivity index (χ4v) is 3.80. The maximum atomic E-state index is 10.1. The number of aliphatic hydroxyl groups is 1. The van der Waals surface area contributed by atoms with Gasteiger partial charge in [-0.25, -0.2) is 0 Å². The Balaban J connectivity index is 2.21. The summed E-state index contributed by atoms with van der Waals surface area (Å²) in [4.78, 5) is 0. The lowest BCUT2D eigenvalue weighted by atomic mass is 9.97. The molecule has 0 aliphatic carbocycles. The van der Waals surface area contributed by atoms with Crippen molar-refractivity contribution in [1.82, 2.24) is 0 Å². The molecular weight excluding hydrogens is 244 g/mol. The summed E-state index contributed by atoms with van der Waals surface area (Å²) in [5.74, 6) is 2.85. The van der Waals surface area contributed by atoms with Crippen molar-refractivity contribution in [3.05, 3.63) is 27.8 Å². The molecule has 4 heteroatoms. The van der Waals surface area contributed by atoms with Crippen molar-refractivity contribution in [2.24, 2.45) is 0 Å². The Bertz CT molecular complexity index is 434. The lowest BCUT2D eigenvalue weighted by Crippen LogP contribution is -2.02. The Morgan fingerprint density at radius 3 is 3.25 bits per heavy atom. The molecular formula is C12H13ClO2S. The normalized spacial score (nSPS) is 23.2. The quantitative estimate of drug-likeness (QED) is 0.774. The van der Waals surface area contributed by atoms with E-state index in [1.807, 2.05) is 17.8 Å². The van der Waals surface area contributed by atoms with E-state index in [0.717, 1.165) is 47.8 Å². The summed E-state index contributed by atoms with van der Waals surface area (Å²) < 4.78 is 5.67. The second-order valence-corrected chi connectivity index (χ2v) is 5.71. The summed E-state index contributed by atoms with van der Waals surface area (Å²) in [5.41, 5.74) is 3.21.